The highest BCUT2D eigenvalue weighted by Gasteiger charge is 2.20. The van der Waals surface area contributed by atoms with E-state index < -0.39 is 17.9 Å². The lowest BCUT2D eigenvalue weighted by Crippen LogP contribution is -2.41. The fraction of sp³-hybridized carbons (Fsp3) is 0.870. The van der Waals surface area contributed by atoms with Gasteiger partial charge in [-0.3, -0.25) is 14.5 Å². The van der Waals surface area contributed by atoms with Crippen LogP contribution >= 0.6 is 0 Å². The minimum Gasteiger partial charge on any atom is -0.480 e. The minimum absolute atomic E-state index is 0.0359. The monoisotopic (exact) mass is 477 g/mol. The largest absolute Gasteiger partial charge is 0.480 e. The molecule has 196 valence electrons. The van der Waals surface area contributed by atoms with Crippen molar-refractivity contribution in [2.75, 3.05) is 39.5 Å². The minimum atomic E-state index is -1.13. The molecule has 2 amide bonds. The molecule has 0 spiro atoms. The van der Waals surface area contributed by atoms with Crippen molar-refractivity contribution in [1.82, 2.24) is 10.2 Å². The molecular weight excluding hydrogens is 430 g/mol. The van der Waals surface area contributed by atoms with Crippen molar-refractivity contribution in [2.45, 2.75) is 90.0 Å². The van der Waals surface area contributed by atoms with Gasteiger partial charge in [-0.05, 0) is 12.8 Å². The Balaban J connectivity index is 0. The van der Waals surface area contributed by atoms with E-state index in [1.807, 2.05) is 0 Å². The first-order valence-electron chi connectivity index (χ1n) is 12.2. The second-order valence-electron chi connectivity index (χ2n) is 8.05. The fourth-order valence-electron chi connectivity index (χ4n) is 3.17. The molecule has 0 saturated carbocycles. The van der Waals surface area contributed by atoms with Crippen LogP contribution in [0.4, 0.5) is 0 Å². The van der Waals surface area contributed by atoms with Crippen LogP contribution in [0.1, 0.15) is 84.0 Å². The fourth-order valence-corrected chi connectivity index (χ4v) is 3.17. The molecule has 33 heavy (non-hydrogen) atoms. The van der Waals surface area contributed by atoms with E-state index in [1.165, 1.54) is 38.5 Å². The van der Waals surface area contributed by atoms with Crippen LogP contribution in [0.25, 0.3) is 0 Å². The summed E-state index contributed by atoms with van der Waals surface area (Å²) < 4.78 is 0. The lowest BCUT2D eigenvalue weighted by atomic mass is 10.1. The molecule has 0 fully saturated rings. The molecular formula is C23H47N3O7. The zero-order valence-electron chi connectivity index (χ0n) is 20.3. The van der Waals surface area contributed by atoms with Crippen molar-refractivity contribution in [3.05, 3.63) is 0 Å². The maximum absolute atomic E-state index is 11.7. The number of nitrogens with one attached hydrogen (secondary N) is 1. The Hall–Kier alpha value is -1.75. The van der Waals surface area contributed by atoms with Crippen LogP contribution in [0.5, 0.6) is 0 Å². The van der Waals surface area contributed by atoms with Gasteiger partial charge in [-0.15, -0.1) is 0 Å². The lowest BCUT2D eigenvalue weighted by molar-refractivity contribution is -0.142. The van der Waals surface area contributed by atoms with E-state index in [-0.39, 0.29) is 38.6 Å². The Morgan fingerprint density at radius 2 is 1.24 bits per heavy atom. The van der Waals surface area contributed by atoms with Gasteiger partial charge in [-0.25, -0.2) is 4.79 Å². The average Bonchev–Trinajstić information content (AvgIpc) is 2.76. The third-order valence-corrected chi connectivity index (χ3v) is 5.07. The number of carboxylic acid groups (broad SMARTS) is 1. The van der Waals surface area contributed by atoms with Crippen LogP contribution in [-0.2, 0) is 14.4 Å². The number of aliphatic hydroxyl groups excluding tert-OH is 3. The predicted octanol–water partition coefficient (Wildman–Crippen LogP) is 1.01. The van der Waals surface area contributed by atoms with Crippen LogP contribution in [0, 0.1) is 0 Å². The molecule has 0 rings (SSSR count). The van der Waals surface area contributed by atoms with Crippen LogP contribution in [0.2, 0.25) is 0 Å². The van der Waals surface area contributed by atoms with E-state index >= 15 is 0 Å². The van der Waals surface area contributed by atoms with E-state index in [2.05, 4.69) is 12.2 Å². The number of carboxylic acids is 1. The number of unbranched alkanes of at least 4 members (excludes halogenated alkanes) is 8. The van der Waals surface area contributed by atoms with E-state index in [9.17, 15) is 14.4 Å². The second-order valence-corrected chi connectivity index (χ2v) is 8.05. The number of hydrogen-bond acceptors (Lipinski definition) is 7. The lowest BCUT2D eigenvalue weighted by Gasteiger charge is -2.17. The smallest absolute Gasteiger partial charge is 0.326 e. The summed E-state index contributed by atoms with van der Waals surface area (Å²) in [6.07, 6.45) is 10.8. The third kappa shape index (κ3) is 24.7. The van der Waals surface area contributed by atoms with Crippen LogP contribution < -0.4 is 11.1 Å². The summed E-state index contributed by atoms with van der Waals surface area (Å²) in [6.45, 7) is 3.96. The average molecular weight is 478 g/mol. The molecule has 0 radical (unpaired) electrons. The van der Waals surface area contributed by atoms with E-state index in [1.54, 1.807) is 4.90 Å². The van der Waals surface area contributed by atoms with Gasteiger partial charge in [-0.1, -0.05) is 58.3 Å². The third-order valence-electron chi connectivity index (χ3n) is 5.07. The van der Waals surface area contributed by atoms with E-state index in [0.717, 1.165) is 19.3 Å². The molecule has 0 saturated heterocycles. The highest BCUT2D eigenvalue weighted by Crippen LogP contribution is 2.10. The van der Waals surface area contributed by atoms with Gasteiger partial charge in [0.1, 0.15) is 6.04 Å². The maximum Gasteiger partial charge on any atom is 0.326 e. The SMILES string of the molecule is CCCCCCCCCCCC(=O)NC(CCC(N)=O)C(=O)O.OCCN(CCO)CCO. The molecule has 0 aliphatic rings. The normalized spacial score (nSPS) is 11.5. The molecule has 0 bridgehead atoms. The molecule has 0 aromatic rings. The second kappa shape index (κ2) is 24.9. The highest BCUT2D eigenvalue weighted by atomic mass is 16.4. The quantitative estimate of drug-likeness (QED) is 0.133. The first-order chi connectivity index (χ1) is 15.8. The Labute approximate surface area is 198 Å². The van der Waals surface area contributed by atoms with Gasteiger partial charge in [0.25, 0.3) is 0 Å². The molecule has 7 N–H and O–H groups in total. The summed E-state index contributed by atoms with van der Waals surface area (Å²) in [5.41, 5.74) is 4.99. The standard InChI is InChI=1S/C17H32N2O4.C6H15NO3/c1-2-3-4-5-6-7-8-9-10-11-16(21)19-14(17(22)23)12-13-15(18)20;8-4-1-7(2-5-9)3-6-10/h14H,2-13H2,1H3,(H2,18,20)(H,19,21)(H,22,23);8-10H,1-6H2. The molecule has 10 heteroatoms. The van der Waals surface area contributed by atoms with E-state index in [0.29, 0.717) is 26.1 Å². The first-order valence-corrected chi connectivity index (χ1v) is 12.2. The molecule has 10 nitrogen and oxygen atoms in total. The molecule has 1 unspecified atom stereocenters. The number of aliphatic carboxylic acids is 1. The number of rotatable bonds is 21. The van der Waals surface area contributed by atoms with Crippen LogP contribution in [0.15, 0.2) is 0 Å². The topological polar surface area (TPSA) is 173 Å². The van der Waals surface area contributed by atoms with Gasteiger partial charge in [-0.2, -0.15) is 0 Å². The van der Waals surface area contributed by atoms with Gasteiger partial charge in [0, 0.05) is 32.5 Å². The van der Waals surface area contributed by atoms with Crippen molar-refractivity contribution in [3.8, 4) is 0 Å². The van der Waals surface area contributed by atoms with Crippen molar-refractivity contribution < 1.29 is 34.8 Å². The zero-order chi connectivity index (χ0) is 25.3. The Morgan fingerprint density at radius 3 is 1.64 bits per heavy atom. The molecule has 0 aromatic carbocycles. The summed E-state index contributed by atoms with van der Waals surface area (Å²) in [5.74, 6) is -1.97. The van der Waals surface area contributed by atoms with Crippen LogP contribution in [-0.4, -0.2) is 88.6 Å². The molecule has 0 aromatic heterocycles. The van der Waals surface area contributed by atoms with Gasteiger partial charge in [0.2, 0.25) is 11.8 Å². The number of nitrogens with zero attached hydrogens (tertiary/aromatic N) is 1. The van der Waals surface area contributed by atoms with E-state index in [4.69, 9.17) is 26.2 Å². The maximum atomic E-state index is 11.7. The van der Waals surface area contributed by atoms with Gasteiger partial charge in [0.15, 0.2) is 0 Å². The predicted molar refractivity (Wildman–Crippen MR) is 128 cm³/mol. The highest BCUT2D eigenvalue weighted by molar-refractivity contribution is 5.84. The van der Waals surface area contributed by atoms with Crippen molar-refractivity contribution in [1.29, 1.82) is 0 Å². The van der Waals surface area contributed by atoms with Crippen molar-refractivity contribution in [3.63, 3.8) is 0 Å². The summed E-state index contributed by atoms with van der Waals surface area (Å²) in [7, 11) is 0. The Kier molecular flexibility index (Phi) is 25.2. The number of hydrogen-bond donors (Lipinski definition) is 6. The number of primary amides is 1. The Morgan fingerprint density at radius 1 is 0.788 bits per heavy atom. The molecule has 1 atom stereocenters. The van der Waals surface area contributed by atoms with Crippen molar-refractivity contribution >= 4 is 17.8 Å². The molecule has 0 aliphatic carbocycles. The summed E-state index contributed by atoms with van der Waals surface area (Å²) in [4.78, 5) is 35.2. The van der Waals surface area contributed by atoms with Gasteiger partial charge in [0.05, 0.1) is 19.8 Å². The number of carbonyl (C=O) groups excluding carboxylic acids is 2. The summed E-state index contributed by atoms with van der Waals surface area (Å²) >= 11 is 0. The number of amides is 2. The van der Waals surface area contributed by atoms with Gasteiger partial charge < -0.3 is 31.5 Å². The zero-order valence-corrected chi connectivity index (χ0v) is 20.3. The van der Waals surface area contributed by atoms with Crippen molar-refractivity contribution in [2.24, 2.45) is 5.73 Å². The summed E-state index contributed by atoms with van der Waals surface area (Å²) in [6, 6.07) is -1.03. The van der Waals surface area contributed by atoms with Crippen LogP contribution in [0.3, 0.4) is 0 Å². The Bertz CT molecular complexity index is 478. The van der Waals surface area contributed by atoms with Gasteiger partial charge >= 0.3 is 5.97 Å². The number of nitrogens with two attached hydrogens (primary N) is 1. The number of carbonyl (C=O) groups is 3. The summed E-state index contributed by atoms with van der Waals surface area (Å²) in [5, 5.41) is 36.9. The number of aliphatic hydroxyl groups is 3. The molecule has 0 heterocycles. The molecule has 0 aliphatic heterocycles. The first kappa shape index (κ1) is 33.4.